The molecule has 24 heavy (non-hydrogen) atoms. The molecule has 0 radical (unpaired) electrons. The van der Waals surface area contributed by atoms with Crippen LogP contribution < -0.4 is 0 Å². The minimum atomic E-state index is -0.0661. The number of nitrogens with zero attached hydrogens (tertiary/aromatic N) is 3. The zero-order chi connectivity index (χ0) is 17.5. The molecule has 0 aliphatic heterocycles. The number of thioether (sulfide) groups is 1. The molecule has 130 valence electrons. The van der Waals surface area contributed by atoms with Gasteiger partial charge in [0.1, 0.15) is 0 Å². The standard InChI is InChI=1S/C18H25N3O2S/c1-4-20(5-2)17(23)13-24-18-19-10-16(12-22)21(18)11-15-8-6-7-14(3)9-15/h6-10,22H,4-5,11-13H2,1-3H3. The van der Waals surface area contributed by atoms with Gasteiger partial charge in [0.25, 0.3) is 0 Å². The molecule has 0 spiro atoms. The molecule has 0 bridgehead atoms. The number of benzene rings is 1. The maximum atomic E-state index is 12.2. The summed E-state index contributed by atoms with van der Waals surface area (Å²) >= 11 is 1.42. The number of carbonyl (C=O) groups is 1. The lowest BCUT2D eigenvalue weighted by Crippen LogP contribution is -2.32. The van der Waals surface area contributed by atoms with E-state index in [0.717, 1.165) is 29.5 Å². The molecule has 0 fully saturated rings. The SMILES string of the molecule is CCN(CC)C(=O)CSc1ncc(CO)n1Cc1cccc(C)c1. The number of aryl methyl sites for hydroxylation is 1. The second kappa shape index (κ2) is 8.89. The summed E-state index contributed by atoms with van der Waals surface area (Å²) in [5, 5.41) is 10.3. The molecule has 5 nitrogen and oxygen atoms in total. The van der Waals surface area contributed by atoms with Crippen molar-refractivity contribution in [3.63, 3.8) is 0 Å². The Morgan fingerprint density at radius 3 is 2.71 bits per heavy atom. The van der Waals surface area contributed by atoms with Gasteiger partial charge in [0, 0.05) is 19.6 Å². The summed E-state index contributed by atoms with van der Waals surface area (Å²) in [4.78, 5) is 18.4. The fourth-order valence-electron chi connectivity index (χ4n) is 2.59. The number of hydrogen-bond donors (Lipinski definition) is 1. The van der Waals surface area contributed by atoms with E-state index in [1.54, 1.807) is 6.20 Å². The normalized spacial score (nSPS) is 10.8. The second-order valence-corrected chi connectivity index (χ2v) is 6.56. The molecular formula is C18H25N3O2S. The molecule has 1 heterocycles. The maximum absolute atomic E-state index is 12.2. The van der Waals surface area contributed by atoms with Crippen LogP contribution in [-0.2, 0) is 17.9 Å². The van der Waals surface area contributed by atoms with E-state index in [0.29, 0.717) is 12.3 Å². The quantitative estimate of drug-likeness (QED) is 0.746. The van der Waals surface area contributed by atoms with Crippen LogP contribution in [0.15, 0.2) is 35.6 Å². The van der Waals surface area contributed by atoms with Crippen molar-refractivity contribution in [1.29, 1.82) is 0 Å². The first-order valence-corrected chi connectivity index (χ1v) is 9.18. The van der Waals surface area contributed by atoms with Crippen LogP contribution in [0.4, 0.5) is 0 Å². The zero-order valence-electron chi connectivity index (χ0n) is 14.5. The summed E-state index contributed by atoms with van der Waals surface area (Å²) in [7, 11) is 0. The molecular weight excluding hydrogens is 322 g/mol. The van der Waals surface area contributed by atoms with E-state index in [1.807, 2.05) is 29.4 Å². The van der Waals surface area contributed by atoms with E-state index in [4.69, 9.17) is 0 Å². The van der Waals surface area contributed by atoms with Gasteiger partial charge in [-0.2, -0.15) is 0 Å². The number of aromatic nitrogens is 2. The third kappa shape index (κ3) is 4.61. The van der Waals surface area contributed by atoms with Crippen molar-refractivity contribution < 1.29 is 9.90 Å². The number of aliphatic hydroxyl groups is 1. The highest BCUT2D eigenvalue weighted by molar-refractivity contribution is 7.99. The molecule has 1 N–H and O–H groups in total. The number of hydrogen-bond acceptors (Lipinski definition) is 4. The number of imidazole rings is 1. The van der Waals surface area contributed by atoms with E-state index in [1.165, 1.54) is 17.3 Å². The molecule has 0 saturated heterocycles. The Hall–Kier alpha value is -1.79. The van der Waals surface area contributed by atoms with Gasteiger partial charge >= 0.3 is 0 Å². The smallest absolute Gasteiger partial charge is 0.233 e. The lowest BCUT2D eigenvalue weighted by Gasteiger charge is -2.18. The molecule has 6 heteroatoms. The van der Waals surface area contributed by atoms with Crippen LogP contribution in [0.3, 0.4) is 0 Å². The molecule has 0 atom stereocenters. The van der Waals surface area contributed by atoms with Crippen molar-refractivity contribution in [2.45, 2.75) is 39.1 Å². The monoisotopic (exact) mass is 347 g/mol. The number of aliphatic hydroxyl groups excluding tert-OH is 1. The Balaban J connectivity index is 2.13. The van der Waals surface area contributed by atoms with Gasteiger partial charge in [0.15, 0.2) is 5.16 Å². The van der Waals surface area contributed by atoms with E-state index < -0.39 is 0 Å². The van der Waals surface area contributed by atoms with Gasteiger partial charge in [-0.1, -0.05) is 41.6 Å². The first-order valence-electron chi connectivity index (χ1n) is 8.20. The van der Waals surface area contributed by atoms with E-state index in [-0.39, 0.29) is 12.5 Å². The van der Waals surface area contributed by atoms with Gasteiger partial charge < -0.3 is 14.6 Å². The Morgan fingerprint density at radius 2 is 2.08 bits per heavy atom. The third-order valence-corrected chi connectivity index (χ3v) is 4.90. The van der Waals surface area contributed by atoms with Crippen molar-refractivity contribution in [3.8, 4) is 0 Å². The van der Waals surface area contributed by atoms with Crippen molar-refractivity contribution >= 4 is 17.7 Å². The van der Waals surface area contributed by atoms with Gasteiger partial charge in [-0.05, 0) is 26.3 Å². The van der Waals surface area contributed by atoms with Crippen molar-refractivity contribution in [2.75, 3.05) is 18.8 Å². The summed E-state index contributed by atoms with van der Waals surface area (Å²) in [5.74, 6) is 0.470. The Kier molecular flexibility index (Phi) is 6.87. The molecule has 1 aromatic carbocycles. The summed E-state index contributed by atoms with van der Waals surface area (Å²) in [6.45, 7) is 8.03. The zero-order valence-corrected chi connectivity index (χ0v) is 15.3. The molecule has 0 unspecified atom stereocenters. The second-order valence-electron chi connectivity index (χ2n) is 5.62. The molecule has 0 aliphatic rings. The number of amides is 1. The topological polar surface area (TPSA) is 58.4 Å². The minimum absolute atomic E-state index is 0.0661. The van der Waals surface area contributed by atoms with Gasteiger partial charge in [0.2, 0.25) is 5.91 Å². The van der Waals surface area contributed by atoms with E-state index in [2.05, 4.69) is 30.1 Å². The average Bonchev–Trinajstić information content (AvgIpc) is 2.96. The first kappa shape index (κ1) is 18.5. The highest BCUT2D eigenvalue weighted by atomic mass is 32.2. The van der Waals surface area contributed by atoms with Crippen molar-refractivity contribution in [1.82, 2.24) is 14.5 Å². The highest BCUT2D eigenvalue weighted by Crippen LogP contribution is 2.21. The number of carbonyl (C=O) groups excluding carboxylic acids is 1. The molecule has 2 aromatic rings. The van der Waals surface area contributed by atoms with Crippen LogP contribution in [0.1, 0.15) is 30.7 Å². The summed E-state index contributed by atoms with van der Waals surface area (Å²) < 4.78 is 1.98. The Bertz CT molecular complexity index is 681. The van der Waals surface area contributed by atoms with E-state index >= 15 is 0 Å². The molecule has 1 amide bonds. The van der Waals surface area contributed by atoms with Crippen LogP contribution >= 0.6 is 11.8 Å². The molecule has 2 rings (SSSR count). The summed E-state index contributed by atoms with van der Waals surface area (Å²) in [6.07, 6.45) is 1.68. The average molecular weight is 347 g/mol. The molecule has 1 aromatic heterocycles. The summed E-state index contributed by atoms with van der Waals surface area (Å²) in [5.41, 5.74) is 3.11. The number of rotatable bonds is 8. The van der Waals surface area contributed by atoms with Crippen molar-refractivity contribution in [2.24, 2.45) is 0 Å². The Labute approximate surface area is 147 Å². The minimum Gasteiger partial charge on any atom is -0.390 e. The summed E-state index contributed by atoms with van der Waals surface area (Å²) in [6, 6.07) is 8.26. The highest BCUT2D eigenvalue weighted by Gasteiger charge is 2.15. The third-order valence-electron chi connectivity index (χ3n) is 3.93. The van der Waals surface area contributed by atoms with Crippen LogP contribution in [0.2, 0.25) is 0 Å². The van der Waals surface area contributed by atoms with Crippen LogP contribution in [0.25, 0.3) is 0 Å². The van der Waals surface area contributed by atoms with Crippen LogP contribution in [0.5, 0.6) is 0 Å². The lowest BCUT2D eigenvalue weighted by atomic mass is 10.1. The Morgan fingerprint density at radius 1 is 1.33 bits per heavy atom. The first-order chi connectivity index (χ1) is 11.6. The van der Waals surface area contributed by atoms with Gasteiger partial charge in [-0.3, -0.25) is 4.79 Å². The van der Waals surface area contributed by atoms with Gasteiger partial charge in [-0.25, -0.2) is 4.98 Å². The predicted molar refractivity (Wildman–Crippen MR) is 97.1 cm³/mol. The largest absolute Gasteiger partial charge is 0.390 e. The predicted octanol–water partition coefficient (Wildman–Crippen LogP) is 2.69. The maximum Gasteiger partial charge on any atom is 0.233 e. The van der Waals surface area contributed by atoms with E-state index in [9.17, 15) is 9.90 Å². The van der Waals surface area contributed by atoms with Gasteiger partial charge in [0.05, 0.1) is 24.3 Å². The fourth-order valence-corrected chi connectivity index (χ4v) is 3.49. The van der Waals surface area contributed by atoms with Crippen LogP contribution in [-0.4, -0.2) is 44.3 Å². The molecule has 0 saturated carbocycles. The van der Waals surface area contributed by atoms with Gasteiger partial charge in [-0.15, -0.1) is 0 Å². The fraction of sp³-hybridized carbons (Fsp3) is 0.444. The van der Waals surface area contributed by atoms with Crippen LogP contribution in [0, 0.1) is 6.92 Å². The lowest BCUT2D eigenvalue weighted by molar-refractivity contribution is -0.127. The molecule has 0 aliphatic carbocycles. The van der Waals surface area contributed by atoms with Crippen molar-refractivity contribution in [3.05, 3.63) is 47.3 Å².